The first kappa shape index (κ1) is 11.7. The molecule has 0 radical (unpaired) electrons. The first-order chi connectivity index (χ1) is 8.25. The van der Waals surface area contributed by atoms with E-state index in [2.05, 4.69) is 26.7 Å². The average Bonchev–Trinajstić information content (AvgIpc) is 2.38. The highest BCUT2D eigenvalue weighted by Crippen LogP contribution is 2.09. The minimum atomic E-state index is 0.773. The first-order valence-electron chi connectivity index (χ1n) is 5.90. The number of anilines is 1. The maximum Gasteiger partial charge on any atom is 0.191 e. The predicted octanol–water partition coefficient (Wildman–Crippen LogP) is 0.586. The SMILES string of the molecule is CN(C)c1cc(CNC2=NCCCN2)ccn1. The van der Waals surface area contributed by atoms with Crippen LogP contribution >= 0.6 is 0 Å². The van der Waals surface area contributed by atoms with Crippen molar-refractivity contribution in [3.63, 3.8) is 0 Å². The van der Waals surface area contributed by atoms with Gasteiger partial charge in [0.2, 0.25) is 0 Å². The molecule has 2 N–H and O–H groups in total. The molecule has 2 heterocycles. The van der Waals surface area contributed by atoms with Crippen LogP contribution in [0.4, 0.5) is 5.82 Å². The summed E-state index contributed by atoms with van der Waals surface area (Å²) in [4.78, 5) is 10.7. The van der Waals surface area contributed by atoms with Crippen molar-refractivity contribution in [1.29, 1.82) is 0 Å². The van der Waals surface area contributed by atoms with Gasteiger partial charge in [0, 0.05) is 39.9 Å². The van der Waals surface area contributed by atoms with Crippen molar-refractivity contribution in [2.45, 2.75) is 13.0 Å². The van der Waals surface area contributed by atoms with E-state index in [0.717, 1.165) is 37.8 Å². The summed E-state index contributed by atoms with van der Waals surface area (Å²) in [6, 6.07) is 4.10. The fraction of sp³-hybridized carbons (Fsp3) is 0.500. The number of pyridine rings is 1. The number of hydrogen-bond donors (Lipinski definition) is 2. The van der Waals surface area contributed by atoms with Gasteiger partial charge < -0.3 is 15.5 Å². The van der Waals surface area contributed by atoms with Crippen LogP contribution in [0.25, 0.3) is 0 Å². The summed E-state index contributed by atoms with van der Waals surface area (Å²) in [6.45, 7) is 2.69. The Bertz CT molecular complexity index is 400. The third kappa shape index (κ3) is 3.34. The molecule has 0 spiro atoms. The molecular weight excluding hydrogens is 214 g/mol. The number of nitrogens with one attached hydrogen (secondary N) is 2. The second-order valence-electron chi connectivity index (χ2n) is 4.28. The minimum Gasteiger partial charge on any atom is -0.363 e. The Morgan fingerprint density at radius 1 is 1.47 bits per heavy atom. The summed E-state index contributed by atoms with van der Waals surface area (Å²) in [7, 11) is 3.98. The van der Waals surface area contributed by atoms with Crippen LogP contribution in [0.5, 0.6) is 0 Å². The maximum atomic E-state index is 4.37. The molecule has 0 saturated carbocycles. The van der Waals surface area contributed by atoms with Gasteiger partial charge in [0.25, 0.3) is 0 Å². The van der Waals surface area contributed by atoms with Crippen molar-refractivity contribution in [3.8, 4) is 0 Å². The zero-order valence-electron chi connectivity index (χ0n) is 10.4. The van der Waals surface area contributed by atoms with Crippen LogP contribution in [0.1, 0.15) is 12.0 Å². The van der Waals surface area contributed by atoms with Crippen molar-refractivity contribution in [2.75, 3.05) is 32.1 Å². The van der Waals surface area contributed by atoms with Gasteiger partial charge in [0.05, 0.1) is 0 Å². The summed E-state index contributed by atoms with van der Waals surface area (Å²) in [5.41, 5.74) is 1.21. The van der Waals surface area contributed by atoms with E-state index in [0.29, 0.717) is 0 Å². The van der Waals surface area contributed by atoms with Crippen molar-refractivity contribution >= 4 is 11.8 Å². The molecule has 1 aliphatic rings. The molecule has 2 rings (SSSR count). The van der Waals surface area contributed by atoms with Gasteiger partial charge in [-0.1, -0.05) is 0 Å². The molecule has 0 unspecified atom stereocenters. The van der Waals surface area contributed by atoms with Crippen LogP contribution < -0.4 is 15.5 Å². The topological polar surface area (TPSA) is 52.5 Å². The van der Waals surface area contributed by atoms with Crippen LogP contribution in [0, 0.1) is 0 Å². The lowest BCUT2D eigenvalue weighted by atomic mass is 10.2. The maximum absolute atomic E-state index is 4.37. The van der Waals surface area contributed by atoms with Gasteiger partial charge in [-0.2, -0.15) is 0 Å². The second-order valence-corrected chi connectivity index (χ2v) is 4.28. The lowest BCUT2D eigenvalue weighted by molar-refractivity contribution is 0.702. The molecule has 1 aromatic rings. The van der Waals surface area contributed by atoms with E-state index in [4.69, 9.17) is 0 Å². The highest BCUT2D eigenvalue weighted by Gasteiger charge is 2.04. The molecule has 92 valence electrons. The number of rotatable bonds is 3. The monoisotopic (exact) mass is 233 g/mol. The number of hydrogen-bond acceptors (Lipinski definition) is 5. The Morgan fingerprint density at radius 3 is 3.06 bits per heavy atom. The van der Waals surface area contributed by atoms with Crippen molar-refractivity contribution < 1.29 is 0 Å². The van der Waals surface area contributed by atoms with Crippen molar-refractivity contribution in [2.24, 2.45) is 4.99 Å². The lowest BCUT2D eigenvalue weighted by Crippen LogP contribution is -2.40. The van der Waals surface area contributed by atoms with Crippen LogP contribution in [0.15, 0.2) is 23.3 Å². The highest BCUT2D eigenvalue weighted by atomic mass is 15.2. The summed E-state index contributed by atoms with van der Waals surface area (Å²) in [5, 5.41) is 6.54. The summed E-state index contributed by atoms with van der Waals surface area (Å²) in [6.07, 6.45) is 2.95. The summed E-state index contributed by atoms with van der Waals surface area (Å²) >= 11 is 0. The number of aromatic nitrogens is 1. The van der Waals surface area contributed by atoms with E-state index in [-0.39, 0.29) is 0 Å². The van der Waals surface area contributed by atoms with E-state index in [1.54, 1.807) is 0 Å². The van der Waals surface area contributed by atoms with Gasteiger partial charge in [0.15, 0.2) is 5.96 Å². The molecule has 0 bridgehead atoms. The predicted molar refractivity (Wildman–Crippen MR) is 70.3 cm³/mol. The van der Waals surface area contributed by atoms with Gasteiger partial charge in [-0.3, -0.25) is 4.99 Å². The minimum absolute atomic E-state index is 0.773. The van der Waals surface area contributed by atoms with Gasteiger partial charge >= 0.3 is 0 Å². The normalized spacial score (nSPS) is 14.8. The molecule has 0 aromatic carbocycles. The molecular formula is C12H19N5. The molecule has 0 aliphatic carbocycles. The van der Waals surface area contributed by atoms with E-state index >= 15 is 0 Å². The largest absolute Gasteiger partial charge is 0.363 e. The van der Waals surface area contributed by atoms with E-state index in [1.807, 2.05) is 31.3 Å². The van der Waals surface area contributed by atoms with Crippen LogP contribution in [-0.4, -0.2) is 38.1 Å². The third-order valence-corrected chi connectivity index (χ3v) is 2.63. The van der Waals surface area contributed by atoms with Gasteiger partial charge in [-0.15, -0.1) is 0 Å². The zero-order chi connectivity index (χ0) is 12.1. The zero-order valence-corrected chi connectivity index (χ0v) is 10.4. The van der Waals surface area contributed by atoms with E-state index in [9.17, 15) is 0 Å². The van der Waals surface area contributed by atoms with Gasteiger partial charge in [-0.05, 0) is 24.1 Å². The second kappa shape index (κ2) is 5.52. The third-order valence-electron chi connectivity index (χ3n) is 2.63. The molecule has 1 aromatic heterocycles. The average molecular weight is 233 g/mol. The number of guanidine groups is 1. The lowest BCUT2D eigenvalue weighted by Gasteiger charge is -2.17. The molecule has 0 fully saturated rings. The Morgan fingerprint density at radius 2 is 2.35 bits per heavy atom. The quantitative estimate of drug-likeness (QED) is 0.802. The van der Waals surface area contributed by atoms with Gasteiger partial charge in [-0.25, -0.2) is 4.98 Å². The fourth-order valence-electron chi connectivity index (χ4n) is 1.65. The Labute approximate surface area is 102 Å². The molecule has 5 nitrogen and oxygen atoms in total. The Hall–Kier alpha value is -1.78. The number of nitrogens with zero attached hydrogens (tertiary/aromatic N) is 3. The standard InChI is InChI=1S/C12H19N5/c1-17(2)11-8-10(4-7-13-11)9-16-12-14-5-3-6-15-12/h4,7-8H,3,5-6,9H2,1-2H3,(H2,14,15,16). The number of aliphatic imine (C=N–C) groups is 1. The van der Waals surface area contributed by atoms with Gasteiger partial charge in [0.1, 0.15) is 5.82 Å². The highest BCUT2D eigenvalue weighted by molar-refractivity contribution is 5.80. The van der Waals surface area contributed by atoms with E-state index in [1.165, 1.54) is 5.56 Å². The molecule has 0 atom stereocenters. The fourth-order valence-corrected chi connectivity index (χ4v) is 1.65. The van der Waals surface area contributed by atoms with E-state index < -0.39 is 0 Å². The molecule has 1 aliphatic heterocycles. The Kier molecular flexibility index (Phi) is 3.80. The smallest absolute Gasteiger partial charge is 0.191 e. The van der Waals surface area contributed by atoms with Crippen molar-refractivity contribution in [3.05, 3.63) is 23.9 Å². The van der Waals surface area contributed by atoms with Crippen LogP contribution in [0.3, 0.4) is 0 Å². The van der Waals surface area contributed by atoms with Crippen LogP contribution in [-0.2, 0) is 6.54 Å². The first-order valence-corrected chi connectivity index (χ1v) is 5.90. The molecule has 17 heavy (non-hydrogen) atoms. The molecule has 0 amide bonds. The molecule has 5 heteroatoms. The Balaban J connectivity index is 1.94. The summed E-state index contributed by atoms with van der Waals surface area (Å²) in [5.74, 6) is 1.88. The van der Waals surface area contributed by atoms with Crippen molar-refractivity contribution in [1.82, 2.24) is 15.6 Å². The molecule has 0 saturated heterocycles. The summed E-state index contributed by atoms with van der Waals surface area (Å²) < 4.78 is 0. The van der Waals surface area contributed by atoms with Crippen LogP contribution in [0.2, 0.25) is 0 Å².